The molecule has 2 aromatic heterocycles. The Morgan fingerprint density at radius 3 is 2.67 bits per heavy atom. The third-order valence-corrected chi connectivity index (χ3v) is 3.29. The molecule has 1 aliphatic heterocycles. The number of hydrogen-bond acceptors (Lipinski definition) is 6. The third kappa shape index (κ3) is 1.52. The maximum atomic E-state index is 9.96. The van der Waals surface area contributed by atoms with Crippen LogP contribution in [0.4, 0.5) is 0 Å². The molecule has 7 nitrogen and oxygen atoms in total. The predicted octanol–water partition coefficient (Wildman–Crippen LogP) is -0.226. The standard InChI is InChI=1S/C11H14N4O3/c1-5-7-10(13-3-12-5)15(4-14-7)11-9(17)8(16)6(2)18-11/h3-4,6,8-9,11,16-17H,1-2H3/t6-,8-,9-,11-/m1/s1. The SMILES string of the molecule is Cc1ncnc2c1ncn2[C@@H]1O[C@H](C)[C@@H](O)[C@H]1O. The van der Waals surface area contributed by atoms with E-state index in [0.29, 0.717) is 11.2 Å². The first-order chi connectivity index (χ1) is 8.59. The Balaban J connectivity index is 2.08. The zero-order valence-corrected chi connectivity index (χ0v) is 10.1. The quantitative estimate of drug-likeness (QED) is 0.726. The Hall–Kier alpha value is -1.57. The molecule has 4 atom stereocenters. The number of aliphatic hydroxyl groups excluding tert-OH is 2. The molecule has 0 saturated carbocycles. The molecule has 1 saturated heterocycles. The van der Waals surface area contributed by atoms with E-state index in [1.54, 1.807) is 17.8 Å². The summed E-state index contributed by atoms with van der Waals surface area (Å²) in [5.41, 5.74) is 2.02. The molecule has 0 radical (unpaired) electrons. The second-order valence-corrected chi connectivity index (χ2v) is 4.50. The van der Waals surface area contributed by atoms with Gasteiger partial charge in [-0.05, 0) is 13.8 Å². The molecule has 0 spiro atoms. The molecule has 1 fully saturated rings. The van der Waals surface area contributed by atoms with Crippen molar-refractivity contribution < 1.29 is 14.9 Å². The van der Waals surface area contributed by atoms with Crippen LogP contribution < -0.4 is 0 Å². The van der Waals surface area contributed by atoms with Gasteiger partial charge in [0, 0.05) is 0 Å². The van der Waals surface area contributed by atoms with Gasteiger partial charge >= 0.3 is 0 Å². The van der Waals surface area contributed by atoms with Gasteiger partial charge in [-0.2, -0.15) is 0 Å². The van der Waals surface area contributed by atoms with Gasteiger partial charge in [-0.1, -0.05) is 0 Å². The largest absolute Gasteiger partial charge is 0.388 e. The van der Waals surface area contributed by atoms with Gasteiger partial charge in [-0.15, -0.1) is 0 Å². The van der Waals surface area contributed by atoms with Crippen LogP contribution in [-0.2, 0) is 4.74 Å². The second-order valence-electron chi connectivity index (χ2n) is 4.50. The minimum Gasteiger partial charge on any atom is -0.388 e. The highest BCUT2D eigenvalue weighted by Gasteiger charge is 2.41. The molecule has 0 unspecified atom stereocenters. The monoisotopic (exact) mass is 250 g/mol. The fourth-order valence-corrected chi connectivity index (χ4v) is 2.21. The Morgan fingerprint density at radius 1 is 1.22 bits per heavy atom. The first kappa shape index (κ1) is 11.5. The summed E-state index contributed by atoms with van der Waals surface area (Å²) in [5, 5.41) is 19.7. The lowest BCUT2D eigenvalue weighted by atomic mass is 10.1. The Bertz CT molecular complexity index is 585. The van der Waals surface area contributed by atoms with Crippen LogP contribution in [-0.4, -0.2) is 48.0 Å². The molecule has 3 rings (SSSR count). The highest BCUT2D eigenvalue weighted by molar-refractivity contribution is 5.72. The molecule has 2 N–H and O–H groups in total. The van der Waals surface area contributed by atoms with E-state index in [-0.39, 0.29) is 0 Å². The molecule has 2 aromatic rings. The van der Waals surface area contributed by atoms with Gasteiger partial charge in [0.2, 0.25) is 0 Å². The summed E-state index contributed by atoms with van der Waals surface area (Å²) in [6.07, 6.45) is -0.00934. The summed E-state index contributed by atoms with van der Waals surface area (Å²) in [5.74, 6) is 0. The van der Waals surface area contributed by atoms with E-state index >= 15 is 0 Å². The van der Waals surface area contributed by atoms with Gasteiger partial charge in [0.25, 0.3) is 0 Å². The van der Waals surface area contributed by atoms with E-state index in [4.69, 9.17) is 4.74 Å². The molecular weight excluding hydrogens is 236 g/mol. The number of imidazole rings is 1. The van der Waals surface area contributed by atoms with Gasteiger partial charge in [0.05, 0.1) is 18.1 Å². The fourth-order valence-electron chi connectivity index (χ4n) is 2.21. The smallest absolute Gasteiger partial charge is 0.165 e. The minimum absolute atomic E-state index is 0.426. The molecule has 0 aromatic carbocycles. The maximum Gasteiger partial charge on any atom is 0.165 e. The number of rotatable bonds is 1. The number of ether oxygens (including phenoxy) is 1. The topological polar surface area (TPSA) is 93.3 Å². The number of hydrogen-bond donors (Lipinski definition) is 2. The zero-order chi connectivity index (χ0) is 12.9. The van der Waals surface area contributed by atoms with E-state index in [9.17, 15) is 10.2 Å². The molecule has 18 heavy (non-hydrogen) atoms. The van der Waals surface area contributed by atoms with Crippen LogP contribution in [0.15, 0.2) is 12.7 Å². The van der Waals surface area contributed by atoms with Crippen molar-refractivity contribution in [3.05, 3.63) is 18.3 Å². The van der Waals surface area contributed by atoms with E-state index in [2.05, 4.69) is 15.0 Å². The summed E-state index contributed by atoms with van der Waals surface area (Å²) in [6.45, 7) is 3.55. The highest BCUT2D eigenvalue weighted by atomic mass is 16.6. The van der Waals surface area contributed by atoms with Gasteiger partial charge in [0.1, 0.15) is 24.1 Å². The van der Waals surface area contributed by atoms with E-state index in [0.717, 1.165) is 5.69 Å². The number of aliphatic hydroxyl groups is 2. The summed E-state index contributed by atoms with van der Waals surface area (Å²) in [7, 11) is 0. The van der Waals surface area contributed by atoms with E-state index in [1.807, 2.05) is 6.92 Å². The number of fused-ring (bicyclic) bond motifs is 1. The molecular formula is C11H14N4O3. The van der Waals surface area contributed by atoms with Crippen LogP contribution in [0.25, 0.3) is 11.2 Å². The number of nitrogens with zero attached hydrogens (tertiary/aromatic N) is 4. The second kappa shape index (κ2) is 3.98. The molecule has 0 bridgehead atoms. The van der Waals surface area contributed by atoms with Crippen molar-refractivity contribution in [1.29, 1.82) is 0 Å². The van der Waals surface area contributed by atoms with Crippen LogP contribution in [0.3, 0.4) is 0 Å². The molecule has 7 heteroatoms. The van der Waals surface area contributed by atoms with Crippen molar-refractivity contribution in [1.82, 2.24) is 19.5 Å². The van der Waals surface area contributed by atoms with Gasteiger partial charge in [-0.3, -0.25) is 4.57 Å². The van der Waals surface area contributed by atoms with Crippen molar-refractivity contribution in [2.45, 2.75) is 38.4 Å². The van der Waals surface area contributed by atoms with Gasteiger partial charge in [-0.25, -0.2) is 15.0 Å². The van der Waals surface area contributed by atoms with Crippen LogP contribution in [0, 0.1) is 6.92 Å². The molecule has 0 aliphatic carbocycles. The van der Waals surface area contributed by atoms with E-state index < -0.39 is 24.5 Å². The number of aryl methyl sites for hydroxylation is 1. The summed E-state index contributed by atoms with van der Waals surface area (Å²) >= 11 is 0. The molecule has 0 amide bonds. The molecule has 1 aliphatic rings. The van der Waals surface area contributed by atoms with Crippen LogP contribution in [0.5, 0.6) is 0 Å². The average Bonchev–Trinajstić information content (AvgIpc) is 2.88. The third-order valence-electron chi connectivity index (χ3n) is 3.29. The first-order valence-corrected chi connectivity index (χ1v) is 5.75. The first-order valence-electron chi connectivity index (χ1n) is 5.75. The maximum absolute atomic E-state index is 9.96. The van der Waals surface area contributed by atoms with Gasteiger partial charge in [0.15, 0.2) is 11.9 Å². The van der Waals surface area contributed by atoms with Crippen LogP contribution >= 0.6 is 0 Å². The van der Waals surface area contributed by atoms with Crippen molar-refractivity contribution in [3.63, 3.8) is 0 Å². The van der Waals surface area contributed by atoms with E-state index in [1.165, 1.54) is 6.33 Å². The summed E-state index contributed by atoms with van der Waals surface area (Å²) in [6, 6.07) is 0. The van der Waals surface area contributed by atoms with Gasteiger partial charge < -0.3 is 14.9 Å². The summed E-state index contributed by atoms with van der Waals surface area (Å²) in [4.78, 5) is 12.4. The Labute approximate surface area is 103 Å². The van der Waals surface area contributed by atoms with Crippen molar-refractivity contribution in [2.24, 2.45) is 0 Å². The minimum atomic E-state index is -0.993. The normalized spacial score (nSPS) is 32.2. The van der Waals surface area contributed by atoms with Crippen molar-refractivity contribution in [2.75, 3.05) is 0 Å². The number of aromatic nitrogens is 4. The van der Waals surface area contributed by atoms with Crippen LogP contribution in [0.2, 0.25) is 0 Å². The van der Waals surface area contributed by atoms with Crippen molar-refractivity contribution in [3.8, 4) is 0 Å². The highest BCUT2D eigenvalue weighted by Crippen LogP contribution is 2.31. The lowest BCUT2D eigenvalue weighted by Gasteiger charge is -2.16. The lowest BCUT2D eigenvalue weighted by molar-refractivity contribution is -0.0299. The predicted molar refractivity (Wildman–Crippen MR) is 61.7 cm³/mol. The molecule has 96 valence electrons. The Morgan fingerprint density at radius 2 is 2.00 bits per heavy atom. The Kier molecular flexibility index (Phi) is 2.54. The van der Waals surface area contributed by atoms with Crippen LogP contribution in [0.1, 0.15) is 18.8 Å². The molecule has 3 heterocycles. The summed E-state index contributed by atoms with van der Waals surface area (Å²) < 4.78 is 7.17. The average molecular weight is 250 g/mol. The lowest BCUT2D eigenvalue weighted by Crippen LogP contribution is -2.30. The zero-order valence-electron chi connectivity index (χ0n) is 10.1. The van der Waals surface area contributed by atoms with Crippen molar-refractivity contribution >= 4 is 11.2 Å². The fraction of sp³-hybridized carbons (Fsp3) is 0.545.